The maximum atomic E-state index is 12.5. The van der Waals surface area contributed by atoms with E-state index in [0.717, 1.165) is 55.0 Å². The van der Waals surface area contributed by atoms with E-state index < -0.39 is 0 Å². The number of carbonyl (C=O) groups excluding carboxylic acids is 1. The van der Waals surface area contributed by atoms with E-state index in [9.17, 15) is 4.79 Å². The molecule has 5 heteroatoms. The zero-order valence-electron chi connectivity index (χ0n) is 15.1. The molecule has 0 aromatic heterocycles. The third-order valence-corrected chi connectivity index (χ3v) is 5.50. The smallest absolute Gasteiger partial charge is 0.260 e. The first-order valence-electron chi connectivity index (χ1n) is 9.51. The second kappa shape index (κ2) is 6.83. The fraction of sp³-hybridized carbons (Fsp3) is 0.318. The maximum Gasteiger partial charge on any atom is 0.260 e. The Bertz CT molecular complexity index is 929. The lowest BCUT2D eigenvalue weighted by atomic mass is 9.99. The van der Waals surface area contributed by atoms with Crippen LogP contribution in [0.5, 0.6) is 0 Å². The average Bonchev–Trinajstić information content (AvgIpc) is 3.26. The molecule has 27 heavy (non-hydrogen) atoms. The van der Waals surface area contributed by atoms with Crippen LogP contribution >= 0.6 is 0 Å². The number of amides is 1. The van der Waals surface area contributed by atoms with Gasteiger partial charge in [0.1, 0.15) is 12.4 Å². The van der Waals surface area contributed by atoms with Gasteiger partial charge in [-0.3, -0.25) is 4.79 Å². The standard InChI is InChI=1S/C22H22N2O3/c25-22-20(18-3-1-2-4-19(18)24-22)21-17-6-5-14(11-15(17)13-27-21)12-23-16-7-9-26-10-8-16/h1-6,11,16,23H,7-10,12-13H2,(H,24,25)/b21-20+. The number of carbonyl (C=O) groups is 1. The predicted octanol–water partition coefficient (Wildman–Crippen LogP) is 3.31. The summed E-state index contributed by atoms with van der Waals surface area (Å²) in [4.78, 5) is 12.5. The van der Waals surface area contributed by atoms with Crippen molar-refractivity contribution in [2.24, 2.45) is 0 Å². The molecule has 0 aliphatic carbocycles. The van der Waals surface area contributed by atoms with E-state index in [-0.39, 0.29) is 5.91 Å². The molecule has 0 spiro atoms. The minimum Gasteiger partial charge on any atom is -0.487 e. The molecule has 3 heterocycles. The van der Waals surface area contributed by atoms with Gasteiger partial charge in [-0.25, -0.2) is 0 Å². The molecular weight excluding hydrogens is 340 g/mol. The van der Waals surface area contributed by atoms with Gasteiger partial charge in [0.2, 0.25) is 0 Å². The highest BCUT2D eigenvalue weighted by Gasteiger charge is 2.32. The Balaban J connectivity index is 1.41. The van der Waals surface area contributed by atoms with Gasteiger partial charge in [0.15, 0.2) is 0 Å². The molecule has 2 aromatic carbocycles. The summed E-state index contributed by atoms with van der Waals surface area (Å²) in [7, 11) is 0. The van der Waals surface area contributed by atoms with Crippen LogP contribution < -0.4 is 10.6 Å². The Labute approximate surface area is 158 Å². The monoisotopic (exact) mass is 362 g/mol. The first-order valence-corrected chi connectivity index (χ1v) is 9.51. The van der Waals surface area contributed by atoms with Crippen LogP contribution in [0.15, 0.2) is 42.5 Å². The molecule has 0 radical (unpaired) electrons. The number of ether oxygens (including phenoxy) is 2. The Kier molecular flexibility index (Phi) is 4.19. The molecule has 1 fully saturated rings. The van der Waals surface area contributed by atoms with Crippen LogP contribution in [0.4, 0.5) is 5.69 Å². The largest absolute Gasteiger partial charge is 0.487 e. The predicted molar refractivity (Wildman–Crippen MR) is 104 cm³/mol. The second-order valence-corrected chi connectivity index (χ2v) is 7.25. The van der Waals surface area contributed by atoms with Gasteiger partial charge in [-0.15, -0.1) is 0 Å². The molecule has 5 nitrogen and oxygen atoms in total. The van der Waals surface area contributed by atoms with Gasteiger partial charge >= 0.3 is 0 Å². The van der Waals surface area contributed by atoms with E-state index in [1.54, 1.807) is 0 Å². The van der Waals surface area contributed by atoms with E-state index in [4.69, 9.17) is 9.47 Å². The fourth-order valence-corrected chi connectivity index (χ4v) is 4.04. The number of anilines is 1. The number of benzene rings is 2. The summed E-state index contributed by atoms with van der Waals surface area (Å²) in [5, 5.41) is 6.54. The topological polar surface area (TPSA) is 59.6 Å². The highest BCUT2D eigenvalue weighted by molar-refractivity contribution is 6.36. The Morgan fingerprint density at radius 1 is 1.07 bits per heavy atom. The molecule has 2 N–H and O–H groups in total. The van der Waals surface area contributed by atoms with Crippen LogP contribution in [0.3, 0.4) is 0 Å². The van der Waals surface area contributed by atoms with Crippen LogP contribution in [0, 0.1) is 0 Å². The third-order valence-electron chi connectivity index (χ3n) is 5.50. The van der Waals surface area contributed by atoms with Gasteiger partial charge < -0.3 is 20.1 Å². The van der Waals surface area contributed by atoms with E-state index >= 15 is 0 Å². The summed E-state index contributed by atoms with van der Waals surface area (Å²) >= 11 is 0. The van der Waals surface area contributed by atoms with E-state index in [0.29, 0.717) is 24.0 Å². The van der Waals surface area contributed by atoms with Crippen LogP contribution in [-0.2, 0) is 27.4 Å². The zero-order valence-corrected chi connectivity index (χ0v) is 15.1. The van der Waals surface area contributed by atoms with Gasteiger partial charge in [-0.05, 0) is 24.5 Å². The molecule has 1 saturated heterocycles. The lowest BCUT2D eigenvalue weighted by molar-refractivity contribution is -0.110. The molecule has 0 saturated carbocycles. The number of hydrogen-bond donors (Lipinski definition) is 2. The molecule has 3 aliphatic heterocycles. The minimum atomic E-state index is -0.0932. The van der Waals surface area contributed by atoms with Crippen molar-refractivity contribution in [1.82, 2.24) is 5.32 Å². The van der Waals surface area contributed by atoms with Crippen molar-refractivity contribution in [2.75, 3.05) is 18.5 Å². The van der Waals surface area contributed by atoms with Crippen molar-refractivity contribution in [3.8, 4) is 0 Å². The minimum absolute atomic E-state index is 0.0932. The number of hydrogen-bond acceptors (Lipinski definition) is 4. The van der Waals surface area contributed by atoms with Crippen molar-refractivity contribution in [3.63, 3.8) is 0 Å². The van der Waals surface area contributed by atoms with Crippen LogP contribution in [0.2, 0.25) is 0 Å². The first kappa shape index (κ1) is 16.5. The molecule has 3 aliphatic rings. The van der Waals surface area contributed by atoms with Gasteiger partial charge in [0, 0.05) is 48.2 Å². The number of rotatable bonds is 3. The summed E-state index contributed by atoms with van der Waals surface area (Å²) in [5.41, 5.74) is 5.80. The van der Waals surface area contributed by atoms with Gasteiger partial charge in [0.25, 0.3) is 5.91 Å². The van der Waals surface area contributed by atoms with Gasteiger partial charge in [-0.2, -0.15) is 0 Å². The van der Waals surface area contributed by atoms with Crippen molar-refractivity contribution in [1.29, 1.82) is 0 Å². The second-order valence-electron chi connectivity index (χ2n) is 7.25. The van der Waals surface area contributed by atoms with E-state index in [1.807, 2.05) is 24.3 Å². The third kappa shape index (κ3) is 3.03. The van der Waals surface area contributed by atoms with Crippen molar-refractivity contribution in [2.45, 2.75) is 32.0 Å². The zero-order chi connectivity index (χ0) is 18.2. The molecule has 138 valence electrons. The van der Waals surface area contributed by atoms with Crippen molar-refractivity contribution in [3.05, 3.63) is 64.7 Å². The Morgan fingerprint density at radius 2 is 1.93 bits per heavy atom. The molecule has 5 rings (SSSR count). The highest BCUT2D eigenvalue weighted by Crippen LogP contribution is 2.41. The van der Waals surface area contributed by atoms with Crippen molar-refractivity contribution < 1.29 is 14.3 Å². The quantitative estimate of drug-likeness (QED) is 0.823. The summed E-state index contributed by atoms with van der Waals surface area (Å²) in [6.07, 6.45) is 2.14. The van der Waals surface area contributed by atoms with Crippen molar-refractivity contribution >= 4 is 22.9 Å². The molecule has 1 amide bonds. The lowest BCUT2D eigenvalue weighted by Gasteiger charge is -2.23. The number of fused-ring (bicyclic) bond motifs is 2. The fourth-order valence-electron chi connectivity index (χ4n) is 4.04. The van der Waals surface area contributed by atoms with Crippen LogP contribution in [0.25, 0.3) is 11.3 Å². The number of para-hydroxylation sites is 1. The summed E-state index contributed by atoms with van der Waals surface area (Å²) in [6.45, 7) is 3.04. The first-order chi connectivity index (χ1) is 13.3. The number of nitrogens with one attached hydrogen (secondary N) is 2. The van der Waals surface area contributed by atoms with Crippen LogP contribution in [-0.4, -0.2) is 25.2 Å². The van der Waals surface area contributed by atoms with E-state index in [2.05, 4.69) is 28.8 Å². The molecule has 0 unspecified atom stereocenters. The normalized spacial score (nSPS) is 21.6. The Morgan fingerprint density at radius 3 is 2.81 bits per heavy atom. The Hall–Kier alpha value is -2.63. The highest BCUT2D eigenvalue weighted by atomic mass is 16.5. The SMILES string of the molecule is O=C1Nc2ccccc2/C1=C1\OCc2cc(CNC3CCOCC3)ccc21. The molecular formula is C22H22N2O3. The lowest BCUT2D eigenvalue weighted by Crippen LogP contribution is -2.34. The van der Waals surface area contributed by atoms with Crippen LogP contribution in [0.1, 0.15) is 35.1 Å². The molecule has 0 bridgehead atoms. The summed E-state index contributed by atoms with van der Waals surface area (Å²) < 4.78 is 11.4. The van der Waals surface area contributed by atoms with Gasteiger partial charge in [0.05, 0.1) is 5.57 Å². The van der Waals surface area contributed by atoms with E-state index in [1.165, 1.54) is 5.56 Å². The molecule has 2 aromatic rings. The van der Waals surface area contributed by atoms with Gasteiger partial charge in [-0.1, -0.05) is 36.4 Å². The average molecular weight is 362 g/mol. The summed E-state index contributed by atoms with van der Waals surface area (Å²) in [5.74, 6) is 0.598. The maximum absolute atomic E-state index is 12.5. The molecule has 0 atom stereocenters. The summed E-state index contributed by atoms with van der Waals surface area (Å²) in [6, 6.07) is 14.7.